The number of pyridine rings is 1. The average Bonchev–Trinajstić information content (AvgIpc) is 3.20. The van der Waals surface area contributed by atoms with Gasteiger partial charge in [0, 0.05) is 54.9 Å². The van der Waals surface area contributed by atoms with E-state index in [1.807, 2.05) is 24.3 Å². The number of nitriles is 1. The van der Waals surface area contributed by atoms with E-state index in [9.17, 15) is 10.1 Å². The normalized spacial score (nSPS) is 13.6. The number of carbonyl (C=O) groups excluding carboxylic acids is 1. The number of carbonyl (C=O) groups is 1. The molecule has 186 valence electrons. The van der Waals surface area contributed by atoms with E-state index in [0.717, 1.165) is 40.9 Å². The minimum Gasteiger partial charge on any atom is -0.333 e. The molecule has 0 unspecified atom stereocenters. The molecule has 0 saturated carbocycles. The van der Waals surface area contributed by atoms with E-state index in [-0.39, 0.29) is 6.03 Å². The molecule has 2 aromatic carbocycles. The molecule has 0 radical (unpaired) electrons. The fraction of sp³-hybridized carbons (Fsp3) is 0.179. The van der Waals surface area contributed by atoms with Crippen molar-refractivity contribution >= 4 is 57.8 Å². The molecule has 1 aliphatic rings. The van der Waals surface area contributed by atoms with Gasteiger partial charge in [0.1, 0.15) is 11.2 Å². The van der Waals surface area contributed by atoms with E-state index in [1.165, 1.54) is 0 Å². The minimum atomic E-state index is -0.263. The molecule has 9 heteroatoms. The van der Waals surface area contributed by atoms with Crippen LogP contribution in [0.1, 0.15) is 27.9 Å². The van der Waals surface area contributed by atoms with Gasteiger partial charge >= 0.3 is 6.03 Å². The molecule has 0 atom stereocenters. The Bertz CT molecular complexity index is 1550. The van der Waals surface area contributed by atoms with E-state index in [1.54, 1.807) is 35.0 Å². The molecular weight excluding hydrogens is 529 g/mol. The summed E-state index contributed by atoms with van der Waals surface area (Å²) in [6.07, 6.45) is 6.49. The zero-order chi connectivity index (χ0) is 25.9. The SMILES string of the molecule is N#Cc1cc2c(cc1Cl)c1c(n2C(=O)NCc2ccnc(Cl)c2)CCN(CC=Cc2ccc(Cl)cc2)C1. The van der Waals surface area contributed by atoms with Crippen molar-refractivity contribution in [2.45, 2.75) is 19.5 Å². The van der Waals surface area contributed by atoms with Crippen LogP contribution in [0.4, 0.5) is 4.79 Å². The first-order valence-corrected chi connectivity index (χ1v) is 12.8. The number of nitrogens with zero attached hydrogens (tertiary/aromatic N) is 4. The lowest BCUT2D eigenvalue weighted by Gasteiger charge is -2.27. The van der Waals surface area contributed by atoms with E-state index in [0.29, 0.717) is 45.8 Å². The minimum absolute atomic E-state index is 0.263. The number of rotatable bonds is 5. The van der Waals surface area contributed by atoms with Crippen molar-refractivity contribution < 1.29 is 4.79 Å². The number of halogens is 3. The lowest BCUT2D eigenvalue weighted by molar-refractivity contribution is 0.240. The van der Waals surface area contributed by atoms with Crippen molar-refractivity contribution in [2.24, 2.45) is 0 Å². The van der Waals surface area contributed by atoms with Gasteiger partial charge in [0.2, 0.25) is 0 Å². The van der Waals surface area contributed by atoms with Crippen LogP contribution in [0.15, 0.2) is 60.8 Å². The largest absolute Gasteiger partial charge is 0.333 e. The number of nitrogens with one attached hydrogen (secondary N) is 1. The molecule has 1 aliphatic heterocycles. The molecule has 0 saturated heterocycles. The topological polar surface area (TPSA) is 74.0 Å². The first kappa shape index (κ1) is 25.3. The smallest absolute Gasteiger partial charge is 0.326 e. The van der Waals surface area contributed by atoms with Gasteiger partial charge in [-0.05, 0) is 53.1 Å². The van der Waals surface area contributed by atoms with Gasteiger partial charge in [-0.3, -0.25) is 9.47 Å². The van der Waals surface area contributed by atoms with Gasteiger partial charge in [0.25, 0.3) is 0 Å². The van der Waals surface area contributed by atoms with Gasteiger partial charge in [-0.25, -0.2) is 9.78 Å². The number of fused-ring (bicyclic) bond motifs is 3. The second-order valence-corrected chi connectivity index (χ2v) is 10.0. The van der Waals surface area contributed by atoms with Crippen molar-refractivity contribution in [1.82, 2.24) is 19.8 Å². The van der Waals surface area contributed by atoms with E-state index in [2.05, 4.69) is 33.4 Å². The van der Waals surface area contributed by atoms with E-state index >= 15 is 0 Å². The molecular formula is C28H22Cl3N5O. The highest BCUT2D eigenvalue weighted by Crippen LogP contribution is 2.34. The Morgan fingerprint density at radius 3 is 2.70 bits per heavy atom. The molecule has 3 heterocycles. The monoisotopic (exact) mass is 549 g/mol. The summed E-state index contributed by atoms with van der Waals surface area (Å²) in [6, 6.07) is 16.6. The Hall–Kier alpha value is -3.34. The lowest BCUT2D eigenvalue weighted by Crippen LogP contribution is -2.34. The molecule has 1 amide bonds. The Labute approximate surface area is 229 Å². The second kappa shape index (κ2) is 11.0. The maximum atomic E-state index is 13.4. The van der Waals surface area contributed by atoms with E-state index < -0.39 is 0 Å². The summed E-state index contributed by atoms with van der Waals surface area (Å²) in [7, 11) is 0. The first-order chi connectivity index (χ1) is 17.9. The number of benzene rings is 2. The second-order valence-electron chi connectivity index (χ2n) is 8.81. The maximum absolute atomic E-state index is 13.4. The van der Waals surface area contributed by atoms with Gasteiger partial charge in [0.15, 0.2) is 0 Å². The van der Waals surface area contributed by atoms with Gasteiger partial charge in [0.05, 0.1) is 16.1 Å². The highest BCUT2D eigenvalue weighted by molar-refractivity contribution is 6.32. The van der Waals surface area contributed by atoms with Crippen LogP contribution in [0.3, 0.4) is 0 Å². The van der Waals surface area contributed by atoms with Crippen LogP contribution in [0.2, 0.25) is 15.2 Å². The van der Waals surface area contributed by atoms with Crippen LogP contribution in [-0.4, -0.2) is 33.6 Å². The van der Waals surface area contributed by atoms with Crippen molar-refractivity contribution in [1.29, 1.82) is 5.26 Å². The third-order valence-electron chi connectivity index (χ3n) is 6.42. The van der Waals surface area contributed by atoms with Gasteiger partial charge in [-0.15, -0.1) is 0 Å². The molecule has 0 spiro atoms. The van der Waals surface area contributed by atoms with Crippen LogP contribution in [0, 0.1) is 11.3 Å². The Morgan fingerprint density at radius 1 is 1.14 bits per heavy atom. The summed E-state index contributed by atoms with van der Waals surface area (Å²) in [4.78, 5) is 19.7. The van der Waals surface area contributed by atoms with Crippen LogP contribution in [0.25, 0.3) is 17.0 Å². The number of hydrogen-bond donors (Lipinski definition) is 1. The molecule has 6 nitrogen and oxygen atoms in total. The Morgan fingerprint density at radius 2 is 1.95 bits per heavy atom. The summed E-state index contributed by atoms with van der Waals surface area (Å²) >= 11 is 18.4. The summed E-state index contributed by atoms with van der Waals surface area (Å²) in [5.41, 5.74) is 4.93. The fourth-order valence-corrected chi connectivity index (χ4v) is 5.15. The predicted molar refractivity (Wildman–Crippen MR) is 148 cm³/mol. The molecule has 5 rings (SSSR count). The Kier molecular flexibility index (Phi) is 7.50. The highest BCUT2D eigenvalue weighted by Gasteiger charge is 2.27. The van der Waals surface area contributed by atoms with Crippen LogP contribution in [-0.2, 0) is 19.5 Å². The summed E-state index contributed by atoms with van der Waals surface area (Å²) in [5, 5.41) is 14.9. The molecule has 0 aliphatic carbocycles. The van der Waals surface area contributed by atoms with Gasteiger partial charge in [-0.1, -0.05) is 59.1 Å². The maximum Gasteiger partial charge on any atom is 0.326 e. The van der Waals surface area contributed by atoms with Crippen molar-refractivity contribution in [3.05, 3.63) is 104 Å². The van der Waals surface area contributed by atoms with Gasteiger partial charge in [-0.2, -0.15) is 5.26 Å². The summed E-state index contributed by atoms with van der Waals surface area (Å²) < 4.78 is 1.69. The number of aromatic nitrogens is 2. The molecule has 37 heavy (non-hydrogen) atoms. The fourth-order valence-electron chi connectivity index (χ4n) is 4.62. The zero-order valence-electron chi connectivity index (χ0n) is 19.7. The van der Waals surface area contributed by atoms with Crippen molar-refractivity contribution in [2.75, 3.05) is 13.1 Å². The number of hydrogen-bond acceptors (Lipinski definition) is 4. The zero-order valence-corrected chi connectivity index (χ0v) is 22.0. The number of amides is 1. The average molecular weight is 551 g/mol. The molecule has 2 aromatic heterocycles. The van der Waals surface area contributed by atoms with Crippen LogP contribution >= 0.6 is 34.8 Å². The van der Waals surface area contributed by atoms with Crippen molar-refractivity contribution in [3.8, 4) is 6.07 Å². The summed E-state index contributed by atoms with van der Waals surface area (Å²) in [6.45, 7) is 2.52. The molecule has 1 N–H and O–H groups in total. The third kappa shape index (κ3) is 5.51. The van der Waals surface area contributed by atoms with E-state index in [4.69, 9.17) is 34.8 Å². The molecule has 4 aromatic rings. The quantitative estimate of drug-likeness (QED) is 0.281. The van der Waals surface area contributed by atoms with Gasteiger partial charge < -0.3 is 5.32 Å². The highest BCUT2D eigenvalue weighted by atomic mass is 35.5. The standard InChI is InChI=1S/C28H22Cl3N5O/c29-21-5-3-18(4-6-21)2-1-10-35-11-8-25-23(17-35)22-14-24(30)20(15-32)13-26(22)36(25)28(37)34-16-19-7-9-33-27(31)12-19/h1-7,9,12-14H,8,10-11,16-17H2,(H,34,37). The lowest BCUT2D eigenvalue weighted by atomic mass is 10.0. The third-order valence-corrected chi connectivity index (χ3v) is 7.19. The molecule has 0 fully saturated rings. The molecule has 0 bridgehead atoms. The Balaban J connectivity index is 1.42. The predicted octanol–water partition coefficient (Wildman–Crippen LogP) is 6.70. The summed E-state index contributed by atoms with van der Waals surface area (Å²) in [5.74, 6) is 0. The van der Waals surface area contributed by atoms with Crippen LogP contribution < -0.4 is 5.32 Å². The van der Waals surface area contributed by atoms with Crippen LogP contribution in [0.5, 0.6) is 0 Å². The first-order valence-electron chi connectivity index (χ1n) is 11.7. The van der Waals surface area contributed by atoms with Crippen molar-refractivity contribution in [3.63, 3.8) is 0 Å².